The van der Waals surface area contributed by atoms with Crippen LogP contribution < -0.4 is 5.43 Å². The molecule has 4 rings (SSSR count). The van der Waals surface area contributed by atoms with E-state index in [2.05, 4.69) is 30.7 Å². The molecule has 0 radical (unpaired) electrons. The van der Waals surface area contributed by atoms with Crippen molar-refractivity contribution in [2.24, 2.45) is 10.8 Å². The molecule has 2 atom stereocenters. The van der Waals surface area contributed by atoms with Crippen molar-refractivity contribution in [1.29, 1.82) is 0 Å². The summed E-state index contributed by atoms with van der Waals surface area (Å²) in [4.78, 5) is 19.0. The molecule has 2 aliphatic rings. The summed E-state index contributed by atoms with van der Waals surface area (Å²) in [7, 11) is 0. The number of nitrogens with one attached hydrogen (secondary N) is 1. The average molecular weight is 359 g/mol. The number of likely N-dealkylation sites (tertiary alicyclic amines) is 1. The first kappa shape index (κ1) is 17.1. The molecule has 1 aliphatic carbocycles. The van der Waals surface area contributed by atoms with Crippen molar-refractivity contribution in [3.63, 3.8) is 0 Å². The van der Waals surface area contributed by atoms with E-state index in [1.165, 1.54) is 19.3 Å². The number of nitrogens with zero attached hydrogens (tertiary/aromatic N) is 1. The Kier molecular flexibility index (Phi) is 3.82. The summed E-state index contributed by atoms with van der Waals surface area (Å²) in [6, 6.07) is 6.13. The maximum atomic E-state index is 13.1. The lowest BCUT2D eigenvalue weighted by atomic mass is 9.65. The van der Waals surface area contributed by atoms with Gasteiger partial charge < -0.3 is 4.98 Å². The molecule has 1 aromatic heterocycles. The summed E-state index contributed by atoms with van der Waals surface area (Å²) in [5, 5.41) is 1.30. The smallest absolute Gasteiger partial charge is 0.194 e. The second kappa shape index (κ2) is 5.59. The molecule has 1 saturated heterocycles. The topological polar surface area (TPSA) is 36.1 Å². The van der Waals surface area contributed by atoms with Gasteiger partial charge in [-0.05, 0) is 49.1 Å². The highest BCUT2D eigenvalue weighted by Crippen LogP contribution is 2.52. The van der Waals surface area contributed by atoms with E-state index in [9.17, 15) is 4.79 Å². The van der Waals surface area contributed by atoms with Gasteiger partial charge in [-0.2, -0.15) is 0 Å². The van der Waals surface area contributed by atoms with E-state index in [-0.39, 0.29) is 5.43 Å². The van der Waals surface area contributed by atoms with Crippen LogP contribution in [0.4, 0.5) is 0 Å². The van der Waals surface area contributed by atoms with Crippen LogP contribution in [0.1, 0.15) is 51.3 Å². The summed E-state index contributed by atoms with van der Waals surface area (Å²) in [6.45, 7) is 11.0. The summed E-state index contributed by atoms with van der Waals surface area (Å²) in [5.74, 6) is 0. The molecular weight excluding hydrogens is 332 g/mol. The van der Waals surface area contributed by atoms with E-state index in [0.717, 1.165) is 29.9 Å². The minimum Gasteiger partial charge on any atom is -0.357 e. The second-order valence-electron chi connectivity index (χ2n) is 9.34. The van der Waals surface area contributed by atoms with Gasteiger partial charge in [0.1, 0.15) is 0 Å². The highest BCUT2D eigenvalue weighted by Gasteiger charge is 2.49. The summed E-state index contributed by atoms with van der Waals surface area (Å²) in [5.41, 5.74) is 3.49. The average Bonchev–Trinajstić information content (AvgIpc) is 2.73. The molecular formula is C21H27ClN2O. The molecule has 0 amide bonds. The van der Waals surface area contributed by atoms with Crippen LogP contribution in [0.5, 0.6) is 0 Å². The third kappa shape index (κ3) is 2.92. The number of aromatic amines is 1. The summed E-state index contributed by atoms with van der Waals surface area (Å²) < 4.78 is 0. The van der Waals surface area contributed by atoms with E-state index >= 15 is 0 Å². The van der Waals surface area contributed by atoms with Gasteiger partial charge >= 0.3 is 0 Å². The van der Waals surface area contributed by atoms with Crippen molar-refractivity contribution >= 4 is 22.5 Å². The number of benzene rings is 1. The maximum absolute atomic E-state index is 13.1. The van der Waals surface area contributed by atoms with E-state index in [4.69, 9.17) is 11.6 Å². The van der Waals surface area contributed by atoms with Crippen molar-refractivity contribution in [3.05, 3.63) is 44.7 Å². The number of pyridine rings is 1. The van der Waals surface area contributed by atoms with Gasteiger partial charge in [-0.1, -0.05) is 38.4 Å². The minimum atomic E-state index is 0.125. The number of halogens is 1. The Labute approximate surface area is 154 Å². The van der Waals surface area contributed by atoms with Crippen LogP contribution in [0, 0.1) is 17.8 Å². The van der Waals surface area contributed by atoms with Crippen LogP contribution in [-0.2, 0) is 6.54 Å². The number of para-hydroxylation sites is 1. The number of rotatable bonds is 2. The maximum Gasteiger partial charge on any atom is 0.194 e. The fourth-order valence-electron chi connectivity index (χ4n) is 5.59. The van der Waals surface area contributed by atoms with Crippen LogP contribution in [-0.4, -0.2) is 22.5 Å². The van der Waals surface area contributed by atoms with Crippen LogP contribution in [0.3, 0.4) is 0 Å². The van der Waals surface area contributed by atoms with Gasteiger partial charge in [-0.15, -0.1) is 0 Å². The Morgan fingerprint density at radius 2 is 2.04 bits per heavy atom. The summed E-state index contributed by atoms with van der Waals surface area (Å²) >= 11 is 6.27. The molecule has 1 aliphatic heterocycles. The van der Waals surface area contributed by atoms with E-state index in [1.54, 1.807) is 0 Å². The fourth-order valence-corrected chi connectivity index (χ4v) is 5.81. The molecule has 1 N–H and O–H groups in total. The zero-order valence-corrected chi connectivity index (χ0v) is 16.3. The third-order valence-electron chi connectivity index (χ3n) is 6.18. The lowest BCUT2D eigenvalue weighted by Gasteiger charge is -2.40. The lowest BCUT2D eigenvalue weighted by molar-refractivity contribution is 0.126. The first-order valence-electron chi connectivity index (χ1n) is 9.22. The van der Waals surface area contributed by atoms with Crippen molar-refractivity contribution in [2.45, 2.75) is 59.5 Å². The SMILES string of the molecule is Cc1[nH]c2c(Cl)cccc2c(=O)c1CN1CC2(C)CC1CC(C)(C)C2. The summed E-state index contributed by atoms with van der Waals surface area (Å²) in [6.07, 6.45) is 3.75. The van der Waals surface area contributed by atoms with Crippen LogP contribution in [0.15, 0.2) is 23.0 Å². The fraction of sp³-hybridized carbons (Fsp3) is 0.571. The number of H-pyrrole nitrogens is 1. The molecule has 2 heterocycles. The van der Waals surface area contributed by atoms with Gasteiger partial charge in [0.25, 0.3) is 0 Å². The Hall–Kier alpha value is -1.32. The molecule has 3 nitrogen and oxygen atoms in total. The normalized spacial score (nSPS) is 28.6. The first-order chi connectivity index (χ1) is 11.7. The Morgan fingerprint density at radius 1 is 1.28 bits per heavy atom. The van der Waals surface area contributed by atoms with Gasteiger partial charge in [0.05, 0.1) is 10.5 Å². The van der Waals surface area contributed by atoms with Crippen molar-refractivity contribution < 1.29 is 0 Å². The van der Waals surface area contributed by atoms with Crippen molar-refractivity contribution in [1.82, 2.24) is 9.88 Å². The quantitative estimate of drug-likeness (QED) is 0.829. The molecule has 2 unspecified atom stereocenters. The highest BCUT2D eigenvalue weighted by atomic mass is 35.5. The van der Waals surface area contributed by atoms with E-state index in [0.29, 0.717) is 27.3 Å². The Balaban J connectivity index is 1.72. The Bertz CT molecular complexity index is 901. The van der Waals surface area contributed by atoms with Gasteiger partial charge in [0.2, 0.25) is 0 Å². The number of aryl methyl sites for hydroxylation is 1. The third-order valence-corrected chi connectivity index (χ3v) is 6.50. The molecule has 2 aromatic rings. The zero-order valence-electron chi connectivity index (χ0n) is 15.6. The van der Waals surface area contributed by atoms with Crippen LogP contribution in [0.25, 0.3) is 10.9 Å². The highest BCUT2D eigenvalue weighted by molar-refractivity contribution is 6.35. The largest absolute Gasteiger partial charge is 0.357 e. The molecule has 134 valence electrons. The molecule has 0 spiro atoms. The second-order valence-corrected chi connectivity index (χ2v) is 9.75. The van der Waals surface area contributed by atoms with Crippen LogP contribution in [0.2, 0.25) is 5.02 Å². The Morgan fingerprint density at radius 3 is 2.80 bits per heavy atom. The predicted octanol–water partition coefficient (Wildman–Crippen LogP) is 4.89. The monoisotopic (exact) mass is 358 g/mol. The van der Waals surface area contributed by atoms with Gasteiger partial charge in [-0.25, -0.2) is 0 Å². The van der Waals surface area contributed by atoms with Gasteiger partial charge in [0.15, 0.2) is 5.43 Å². The number of fused-ring (bicyclic) bond motifs is 3. The predicted molar refractivity (Wildman–Crippen MR) is 104 cm³/mol. The van der Waals surface area contributed by atoms with Crippen molar-refractivity contribution in [2.75, 3.05) is 6.54 Å². The molecule has 4 heteroatoms. The molecule has 1 aromatic carbocycles. The molecule has 2 bridgehead atoms. The number of hydrogen-bond donors (Lipinski definition) is 1. The number of hydrogen-bond acceptors (Lipinski definition) is 2. The van der Waals surface area contributed by atoms with Gasteiger partial charge in [-0.3, -0.25) is 9.69 Å². The number of aromatic nitrogens is 1. The van der Waals surface area contributed by atoms with E-state index in [1.807, 2.05) is 25.1 Å². The van der Waals surface area contributed by atoms with E-state index < -0.39 is 0 Å². The molecule has 1 saturated carbocycles. The standard InChI is InChI=1S/C21H27ClN2O/c1-13-16(19(25)15-6-5-7-17(22)18(15)23-13)10-24-12-21(4)9-14(24)8-20(2,3)11-21/h5-7,14H,8-12H2,1-4H3,(H,23,25). The van der Waals surface area contributed by atoms with Crippen molar-refractivity contribution in [3.8, 4) is 0 Å². The lowest BCUT2D eigenvalue weighted by Crippen LogP contribution is -2.35. The molecule has 2 fully saturated rings. The van der Waals surface area contributed by atoms with Crippen LogP contribution >= 0.6 is 11.6 Å². The minimum absolute atomic E-state index is 0.125. The molecule has 25 heavy (non-hydrogen) atoms. The zero-order chi connectivity index (χ0) is 18.0. The first-order valence-corrected chi connectivity index (χ1v) is 9.59. The van der Waals surface area contributed by atoms with Gasteiger partial charge in [0, 0.05) is 35.8 Å².